The lowest BCUT2D eigenvalue weighted by atomic mass is 9.74. The Morgan fingerprint density at radius 2 is 1.92 bits per heavy atom. The van der Waals surface area contributed by atoms with Gasteiger partial charge in [0, 0.05) is 6.04 Å². The maximum atomic E-state index is 6.26. The molecule has 0 aromatic carbocycles. The zero-order valence-electron chi connectivity index (χ0n) is 7.97. The van der Waals surface area contributed by atoms with Crippen LogP contribution in [-0.2, 0) is 0 Å². The van der Waals surface area contributed by atoms with E-state index in [1.165, 1.54) is 38.8 Å². The monoisotopic (exact) mass is 168 g/mol. The summed E-state index contributed by atoms with van der Waals surface area (Å²) >= 11 is 0. The predicted molar refractivity (Wildman–Crippen MR) is 50.9 cm³/mol. The minimum Gasteiger partial charge on any atom is -0.327 e. The average Bonchev–Trinajstić information content (AvgIpc) is 2.37. The van der Waals surface area contributed by atoms with E-state index in [9.17, 15) is 0 Å². The first-order chi connectivity index (χ1) is 5.75. The molecule has 2 aliphatic rings. The van der Waals surface area contributed by atoms with Crippen LogP contribution in [-0.4, -0.2) is 19.1 Å². The molecule has 2 nitrogen and oxygen atoms in total. The number of hydrogen-bond acceptors (Lipinski definition) is 2. The van der Waals surface area contributed by atoms with Crippen LogP contribution in [0, 0.1) is 11.3 Å². The summed E-state index contributed by atoms with van der Waals surface area (Å²) in [6.45, 7) is 4.67. The third-order valence-corrected chi connectivity index (χ3v) is 4.02. The summed E-state index contributed by atoms with van der Waals surface area (Å²) in [6, 6.07) is 0.472. The molecule has 0 aromatic rings. The van der Waals surface area contributed by atoms with Crippen molar-refractivity contribution in [2.45, 2.75) is 38.6 Å². The van der Waals surface area contributed by atoms with Crippen LogP contribution >= 0.6 is 0 Å². The largest absolute Gasteiger partial charge is 0.327 e. The van der Waals surface area contributed by atoms with Crippen molar-refractivity contribution in [1.82, 2.24) is 5.32 Å². The van der Waals surface area contributed by atoms with E-state index in [2.05, 4.69) is 12.2 Å². The molecule has 1 saturated carbocycles. The van der Waals surface area contributed by atoms with Crippen molar-refractivity contribution < 1.29 is 0 Å². The summed E-state index contributed by atoms with van der Waals surface area (Å²) in [6.07, 6.45) is 5.33. The molecular formula is C10H20N2. The maximum Gasteiger partial charge on any atom is 0.0122 e. The minimum atomic E-state index is 0.472. The lowest BCUT2D eigenvalue weighted by molar-refractivity contribution is 0.173. The topological polar surface area (TPSA) is 38.0 Å². The van der Waals surface area contributed by atoms with Gasteiger partial charge in [0.05, 0.1) is 0 Å². The van der Waals surface area contributed by atoms with Gasteiger partial charge in [-0.1, -0.05) is 6.92 Å². The number of nitrogens with one attached hydrogen (secondary N) is 1. The van der Waals surface area contributed by atoms with E-state index >= 15 is 0 Å². The summed E-state index contributed by atoms with van der Waals surface area (Å²) in [5, 5.41) is 3.42. The molecule has 70 valence electrons. The Kier molecular flexibility index (Phi) is 2.13. The van der Waals surface area contributed by atoms with Crippen LogP contribution in [0.1, 0.15) is 32.6 Å². The fraction of sp³-hybridized carbons (Fsp3) is 1.00. The van der Waals surface area contributed by atoms with Gasteiger partial charge in [-0.2, -0.15) is 0 Å². The van der Waals surface area contributed by atoms with Gasteiger partial charge < -0.3 is 11.1 Å². The van der Waals surface area contributed by atoms with Gasteiger partial charge in [-0.25, -0.2) is 0 Å². The molecule has 2 atom stereocenters. The second-order valence-electron chi connectivity index (χ2n) is 4.65. The quantitative estimate of drug-likeness (QED) is 0.568. The Labute approximate surface area is 74.9 Å². The summed E-state index contributed by atoms with van der Waals surface area (Å²) in [5.74, 6) is 0.753. The van der Waals surface area contributed by atoms with E-state index in [0.717, 1.165) is 5.92 Å². The highest BCUT2D eigenvalue weighted by atomic mass is 14.9. The molecule has 2 heteroatoms. The normalized spacial score (nSPS) is 40.5. The molecule has 1 spiro atoms. The lowest BCUT2D eigenvalue weighted by Gasteiger charge is -2.38. The van der Waals surface area contributed by atoms with E-state index in [-0.39, 0.29) is 0 Å². The molecule has 0 bridgehead atoms. The molecule has 0 aromatic heterocycles. The first kappa shape index (κ1) is 8.52. The Balaban J connectivity index is 2.09. The van der Waals surface area contributed by atoms with Crippen molar-refractivity contribution >= 4 is 0 Å². The molecule has 1 aliphatic heterocycles. The second-order valence-corrected chi connectivity index (χ2v) is 4.65. The molecule has 1 saturated heterocycles. The molecule has 1 heterocycles. The molecule has 0 amide bonds. The van der Waals surface area contributed by atoms with E-state index < -0.39 is 0 Å². The van der Waals surface area contributed by atoms with Gasteiger partial charge >= 0.3 is 0 Å². The number of nitrogens with two attached hydrogens (primary N) is 1. The van der Waals surface area contributed by atoms with Crippen LogP contribution in [0.2, 0.25) is 0 Å². The third-order valence-electron chi connectivity index (χ3n) is 4.02. The van der Waals surface area contributed by atoms with Crippen molar-refractivity contribution in [2.75, 3.05) is 13.1 Å². The predicted octanol–water partition coefficient (Wildman–Crippen LogP) is 1.11. The van der Waals surface area contributed by atoms with E-state index in [1.807, 2.05) is 0 Å². The molecule has 2 unspecified atom stereocenters. The number of rotatable bonds is 0. The van der Waals surface area contributed by atoms with Crippen molar-refractivity contribution in [3.8, 4) is 0 Å². The van der Waals surface area contributed by atoms with Crippen molar-refractivity contribution in [1.29, 1.82) is 0 Å². The highest BCUT2D eigenvalue weighted by Crippen LogP contribution is 2.46. The number of hydrogen-bond donors (Lipinski definition) is 2. The summed E-state index contributed by atoms with van der Waals surface area (Å²) < 4.78 is 0. The maximum absolute atomic E-state index is 6.26. The van der Waals surface area contributed by atoms with E-state index in [4.69, 9.17) is 5.73 Å². The van der Waals surface area contributed by atoms with Crippen LogP contribution in [0.3, 0.4) is 0 Å². The van der Waals surface area contributed by atoms with Crippen LogP contribution in [0.4, 0.5) is 0 Å². The molecule has 1 aliphatic carbocycles. The van der Waals surface area contributed by atoms with E-state index in [0.29, 0.717) is 11.5 Å². The van der Waals surface area contributed by atoms with Gasteiger partial charge in [-0.15, -0.1) is 0 Å². The third kappa shape index (κ3) is 1.17. The minimum absolute atomic E-state index is 0.472. The highest BCUT2D eigenvalue weighted by Gasteiger charge is 2.44. The van der Waals surface area contributed by atoms with Crippen LogP contribution in [0.5, 0.6) is 0 Å². The van der Waals surface area contributed by atoms with Gasteiger partial charge in [0.25, 0.3) is 0 Å². The van der Waals surface area contributed by atoms with Crippen LogP contribution < -0.4 is 11.1 Å². The molecular weight excluding hydrogens is 148 g/mol. The Hall–Kier alpha value is -0.0800. The van der Waals surface area contributed by atoms with Gasteiger partial charge in [0.1, 0.15) is 0 Å². The first-order valence-corrected chi connectivity index (χ1v) is 5.21. The SMILES string of the molecule is CC1CCC2(CCNCC2)C1N. The van der Waals surface area contributed by atoms with E-state index in [1.54, 1.807) is 0 Å². The van der Waals surface area contributed by atoms with Crippen molar-refractivity contribution in [2.24, 2.45) is 17.1 Å². The zero-order valence-corrected chi connectivity index (χ0v) is 7.97. The standard InChI is InChI=1S/C10H20N2/c1-8-2-3-10(9(8)11)4-6-12-7-5-10/h8-9,12H,2-7,11H2,1H3. The lowest BCUT2D eigenvalue weighted by Crippen LogP contribution is -2.46. The first-order valence-electron chi connectivity index (χ1n) is 5.21. The Morgan fingerprint density at radius 1 is 1.25 bits per heavy atom. The molecule has 0 radical (unpaired) electrons. The van der Waals surface area contributed by atoms with Gasteiger partial charge in [0.15, 0.2) is 0 Å². The number of piperidine rings is 1. The second kappa shape index (κ2) is 3.00. The average molecular weight is 168 g/mol. The van der Waals surface area contributed by atoms with Crippen LogP contribution in [0.25, 0.3) is 0 Å². The molecule has 12 heavy (non-hydrogen) atoms. The Bertz CT molecular complexity index is 156. The zero-order chi connectivity index (χ0) is 8.60. The van der Waals surface area contributed by atoms with Gasteiger partial charge in [0.2, 0.25) is 0 Å². The van der Waals surface area contributed by atoms with Crippen LogP contribution in [0.15, 0.2) is 0 Å². The summed E-state index contributed by atoms with van der Waals surface area (Å²) in [7, 11) is 0. The molecule has 3 N–H and O–H groups in total. The highest BCUT2D eigenvalue weighted by molar-refractivity contribution is 5.00. The Morgan fingerprint density at radius 3 is 2.42 bits per heavy atom. The van der Waals surface area contributed by atoms with Crippen molar-refractivity contribution in [3.63, 3.8) is 0 Å². The van der Waals surface area contributed by atoms with Gasteiger partial charge in [-0.3, -0.25) is 0 Å². The summed E-state index contributed by atoms with van der Waals surface area (Å²) in [4.78, 5) is 0. The summed E-state index contributed by atoms with van der Waals surface area (Å²) in [5.41, 5.74) is 6.78. The van der Waals surface area contributed by atoms with Gasteiger partial charge in [-0.05, 0) is 50.1 Å². The fourth-order valence-electron chi connectivity index (χ4n) is 2.97. The smallest absolute Gasteiger partial charge is 0.0122 e. The molecule has 2 fully saturated rings. The fourth-order valence-corrected chi connectivity index (χ4v) is 2.97. The van der Waals surface area contributed by atoms with Crippen molar-refractivity contribution in [3.05, 3.63) is 0 Å². The molecule has 2 rings (SSSR count).